The predicted octanol–water partition coefficient (Wildman–Crippen LogP) is 12.1. The highest BCUT2D eigenvalue weighted by atomic mass is 15.0. The van der Waals surface area contributed by atoms with Crippen LogP contribution < -0.4 is 0 Å². The average molecular weight is 607 g/mol. The average Bonchev–Trinajstić information content (AvgIpc) is 3.63. The Morgan fingerprint density at radius 2 is 1.43 bits per heavy atom. The highest BCUT2D eigenvalue weighted by Gasteiger charge is 2.30. The van der Waals surface area contributed by atoms with E-state index in [1.165, 1.54) is 97.6 Å². The zero-order valence-electron chi connectivity index (χ0n) is 26.9. The van der Waals surface area contributed by atoms with Crippen LogP contribution in [0.5, 0.6) is 0 Å². The topological polar surface area (TPSA) is 9.86 Å². The first-order valence-corrected chi connectivity index (χ1v) is 17.1. The second kappa shape index (κ2) is 11.2. The lowest BCUT2D eigenvalue weighted by Crippen LogP contribution is -2.21. The molecule has 47 heavy (non-hydrogen) atoms. The van der Waals surface area contributed by atoms with E-state index in [2.05, 4.69) is 156 Å². The Kier molecular flexibility index (Phi) is 6.64. The fourth-order valence-corrected chi connectivity index (χ4v) is 8.52. The van der Waals surface area contributed by atoms with Crippen LogP contribution in [0.3, 0.4) is 0 Å². The first kappa shape index (κ1) is 27.9. The first-order valence-electron chi connectivity index (χ1n) is 17.1. The van der Waals surface area contributed by atoms with Crippen molar-refractivity contribution < 1.29 is 0 Å². The zero-order chi connectivity index (χ0) is 31.5. The van der Waals surface area contributed by atoms with Crippen molar-refractivity contribution in [1.29, 1.82) is 0 Å². The van der Waals surface area contributed by atoms with E-state index in [0.717, 1.165) is 11.6 Å². The number of aryl methyl sites for hydroxylation is 1. The summed E-state index contributed by atoms with van der Waals surface area (Å²) < 4.78 is 4.80. The van der Waals surface area contributed by atoms with E-state index in [9.17, 15) is 0 Å². The van der Waals surface area contributed by atoms with Crippen molar-refractivity contribution in [1.82, 2.24) is 9.13 Å². The van der Waals surface area contributed by atoms with Gasteiger partial charge in [0, 0.05) is 39.0 Å². The number of rotatable bonds is 5. The fraction of sp³-hybridized carbons (Fsp3) is 0.156. The summed E-state index contributed by atoms with van der Waals surface area (Å²) in [6, 6.07) is 40.5. The number of para-hydroxylation sites is 2. The molecule has 0 aliphatic heterocycles. The Hall–Kier alpha value is -5.34. The molecule has 0 spiro atoms. The predicted molar refractivity (Wildman–Crippen MR) is 201 cm³/mol. The van der Waals surface area contributed by atoms with Gasteiger partial charge in [-0.2, -0.15) is 0 Å². The number of benzene rings is 5. The van der Waals surface area contributed by atoms with Crippen molar-refractivity contribution in [2.45, 2.75) is 38.5 Å². The molecule has 2 aromatic heterocycles. The maximum atomic E-state index is 4.31. The summed E-state index contributed by atoms with van der Waals surface area (Å²) in [6.07, 6.45) is 16.3. The lowest BCUT2D eigenvalue weighted by Gasteiger charge is -2.34. The molecule has 0 saturated heterocycles. The minimum absolute atomic E-state index is 0.533. The lowest BCUT2D eigenvalue weighted by molar-refractivity contribution is 0.379. The Bertz CT molecular complexity index is 2390. The van der Waals surface area contributed by atoms with Gasteiger partial charge in [0.25, 0.3) is 0 Å². The summed E-state index contributed by atoms with van der Waals surface area (Å²) in [4.78, 5) is 0. The van der Waals surface area contributed by atoms with Crippen LogP contribution in [0.4, 0.5) is 0 Å². The van der Waals surface area contributed by atoms with Gasteiger partial charge in [0.05, 0.1) is 22.2 Å². The minimum atomic E-state index is 0.533. The quantitative estimate of drug-likeness (QED) is 0.173. The third-order valence-electron chi connectivity index (χ3n) is 10.7. The largest absolute Gasteiger partial charge is 0.309 e. The first-order chi connectivity index (χ1) is 23.2. The molecule has 0 saturated carbocycles. The third kappa shape index (κ3) is 4.39. The van der Waals surface area contributed by atoms with E-state index in [0.29, 0.717) is 5.92 Å². The van der Waals surface area contributed by atoms with Crippen LogP contribution >= 0.6 is 0 Å². The summed E-state index contributed by atoms with van der Waals surface area (Å²) >= 11 is 0. The number of hydrogen-bond donors (Lipinski definition) is 0. The summed E-state index contributed by atoms with van der Waals surface area (Å²) in [6.45, 7) is 6.41. The maximum absolute atomic E-state index is 4.31. The molecule has 2 heteroatoms. The Morgan fingerprint density at radius 3 is 2.23 bits per heavy atom. The molecule has 2 aliphatic rings. The highest BCUT2D eigenvalue weighted by Crippen LogP contribution is 2.44. The molecule has 2 heterocycles. The van der Waals surface area contributed by atoms with Crippen molar-refractivity contribution in [2.75, 3.05) is 0 Å². The van der Waals surface area contributed by atoms with Crippen LogP contribution in [0.1, 0.15) is 54.5 Å². The van der Waals surface area contributed by atoms with Crippen molar-refractivity contribution in [3.05, 3.63) is 156 Å². The molecule has 9 rings (SSSR count). The molecule has 7 aromatic rings. The number of aromatic nitrogens is 2. The molecule has 0 bridgehead atoms. The van der Waals surface area contributed by atoms with Gasteiger partial charge in [-0.25, -0.2) is 0 Å². The van der Waals surface area contributed by atoms with Gasteiger partial charge in [-0.1, -0.05) is 85.5 Å². The molecule has 0 radical (unpaired) electrons. The second-order valence-corrected chi connectivity index (χ2v) is 13.2. The van der Waals surface area contributed by atoms with E-state index in [-0.39, 0.29) is 0 Å². The molecule has 228 valence electrons. The van der Waals surface area contributed by atoms with Crippen molar-refractivity contribution in [2.24, 2.45) is 5.92 Å². The van der Waals surface area contributed by atoms with Gasteiger partial charge in [0.1, 0.15) is 0 Å². The second-order valence-electron chi connectivity index (χ2n) is 13.2. The molecule has 0 N–H and O–H groups in total. The third-order valence-corrected chi connectivity index (χ3v) is 10.7. The van der Waals surface area contributed by atoms with E-state index in [1.54, 1.807) is 0 Å². The molecule has 2 aliphatic carbocycles. The molecule has 0 fully saturated rings. The SMILES string of the molecule is C=Cc1c(/C=C\C)c2cc(-c3ccc4c(c3)c3ccccc3n4-c3ccccc3)ccc2n1-c1ccc2c(c1)C1C=CCCC1CC2. The van der Waals surface area contributed by atoms with E-state index in [1.807, 2.05) is 6.08 Å². The smallest absolute Gasteiger partial charge is 0.0541 e. The van der Waals surface area contributed by atoms with Crippen molar-refractivity contribution >= 4 is 44.9 Å². The van der Waals surface area contributed by atoms with E-state index >= 15 is 0 Å². The number of hydrogen-bond acceptors (Lipinski definition) is 0. The number of allylic oxidation sites excluding steroid dienone is 3. The normalized spacial score (nSPS) is 17.5. The summed E-state index contributed by atoms with van der Waals surface area (Å²) in [5.41, 5.74) is 13.9. The molecule has 2 atom stereocenters. The van der Waals surface area contributed by atoms with Gasteiger partial charge in [0.15, 0.2) is 0 Å². The van der Waals surface area contributed by atoms with Gasteiger partial charge in [0.2, 0.25) is 0 Å². The Balaban J connectivity index is 1.21. The Morgan fingerprint density at radius 1 is 0.681 bits per heavy atom. The highest BCUT2D eigenvalue weighted by molar-refractivity contribution is 6.10. The zero-order valence-corrected chi connectivity index (χ0v) is 26.9. The van der Waals surface area contributed by atoms with Crippen LogP contribution in [0.15, 0.2) is 134 Å². The van der Waals surface area contributed by atoms with E-state index < -0.39 is 0 Å². The summed E-state index contributed by atoms with van der Waals surface area (Å²) in [5.74, 6) is 1.30. The molecule has 2 nitrogen and oxygen atoms in total. The van der Waals surface area contributed by atoms with Crippen LogP contribution in [0.25, 0.3) is 67.4 Å². The standard InChI is InChI=1S/C45H38N2/c1-3-12-37-40-27-32(33-22-25-44-41(28-33)38-17-10-11-18-43(38)46(44)34-14-6-5-7-15-34)23-26-45(40)47(42(37)4-2)35-24-21-31-20-19-30-13-8-9-16-36(30)39(31)29-35/h3-7,9-12,14-18,21-30,36H,2,8,13,19-20H2,1H3/b12-3-. The molecular formula is C45H38N2. The molecule has 5 aromatic carbocycles. The van der Waals surface area contributed by atoms with Crippen molar-refractivity contribution in [3.8, 4) is 22.5 Å². The summed E-state index contributed by atoms with van der Waals surface area (Å²) in [5, 5.41) is 3.78. The van der Waals surface area contributed by atoms with Gasteiger partial charge in [-0.15, -0.1) is 0 Å². The van der Waals surface area contributed by atoms with Gasteiger partial charge in [-0.05, 0) is 121 Å². The molecule has 2 unspecified atom stereocenters. The van der Waals surface area contributed by atoms with Gasteiger partial charge >= 0.3 is 0 Å². The number of fused-ring (bicyclic) bond motifs is 7. The van der Waals surface area contributed by atoms with Crippen molar-refractivity contribution in [3.63, 3.8) is 0 Å². The minimum Gasteiger partial charge on any atom is -0.309 e. The van der Waals surface area contributed by atoms with Crippen LogP contribution in [-0.4, -0.2) is 9.13 Å². The van der Waals surface area contributed by atoms with Crippen LogP contribution in [0.2, 0.25) is 0 Å². The van der Waals surface area contributed by atoms with Gasteiger partial charge in [-0.3, -0.25) is 0 Å². The Labute approximate surface area is 276 Å². The molecular weight excluding hydrogens is 569 g/mol. The van der Waals surface area contributed by atoms with E-state index in [4.69, 9.17) is 0 Å². The van der Waals surface area contributed by atoms with Gasteiger partial charge < -0.3 is 9.13 Å². The summed E-state index contributed by atoms with van der Waals surface area (Å²) in [7, 11) is 0. The van der Waals surface area contributed by atoms with Crippen LogP contribution in [0, 0.1) is 5.92 Å². The van der Waals surface area contributed by atoms with Crippen LogP contribution in [-0.2, 0) is 6.42 Å². The number of nitrogens with zero attached hydrogens (tertiary/aromatic N) is 2. The monoisotopic (exact) mass is 606 g/mol. The fourth-order valence-electron chi connectivity index (χ4n) is 8.52. The molecule has 0 amide bonds. The maximum Gasteiger partial charge on any atom is 0.0541 e. The lowest BCUT2D eigenvalue weighted by atomic mass is 9.71.